The van der Waals surface area contributed by atoms with Crippen LogP contribution in [0.25, 0.3) is 0 Å². The minimum absolute atomic E-state index is 0.164. The lowest BCUT2D eigenvalue weighted by molar-refractivity contribution is -0.141. The Kier molecular flexibility index (Phi) is 4.59. The van der Waals surface area contributed by atoms with Crippen molar-refractivity contribution in [1.82, 2.24) is 4.98 Å². The first-order chi connectivity index (χ1) is 8.49. The van der Waals surface area contributed by atoms with Crippen LogP contribution in [0.2, 0.25) is 0 Å². The number of nitrogen functional groups attached to an aromatic ring is 1. The highest BCUT2D eigenvalue weighted by Gasteiger charge is 2.19. The zero-order valence-corrected chi connectivity index (χ0v) is 10.0. The maximum atomic E-state index is 13.4. The molecule has 1 aromatic rings. The summed E-state index contributed by atoms with van der Waals surface area (Å²) in [5.74, 6) is -2.67. The second-order valence-corrected chi connectivity index (χ2v) is 3.32. The van der Waals surface area contributed by atoms with Gasteiger partial charge in [-0.15, -0.1) is 0 Å². The highest BCUT2D eigenvalue weighted by molar-refractivity contribution is 6.08. The number of methoxy groups -OCH3 is 1. The summed E-state index contributed by atoms with van der Waals surface area (Å²) in [7, 11) is 1.23. The number of nitrogens with two attached hydrogens (primary N) is 1. The number of ketones is 1. The van der Waals surface area contributed by atoms with E-state index < -0.39 is 24.0 Å². The number of rotatable bonds is 5. The fourth-order valence-corrected chi connectivity index (χ4v) is 1.29. The molecular formula is C11H13FN2O4. The topological polar surface area (TPSA) is 91.5 Å². The minimum Gasteiger partial charge on any atom is -0.479 e. The number of esters is 1. The average molecular weight is 256 g/mol. The maximum absolute atomic E-state index is 13.4. The van der Waals surface area contributed by atoms with Gasteiger partial charge >= 0.3 is 5.97 Å². The molecule has 0 saturated heterocycles. The summed E-state index contributed by atoms with van der Waals surface area (Å²) in [6.07, 6.45) is -0.508. The molecule has 0 aliphatic carbocycles. The predicted molar refractivity (Wildman–Crippen MR) is 60.7 cm³/mol. The molecule has 0 spiro atoms. The Hall–Kier alpha value is -2.18. The van der Waals surface area contributed by atoms with E-state index in [1.807, 2.05) is 0 Å². The molecule has 1 heterocycles. The van der Waals surface area contributed by atoms with Gasteiger partial charge in [-0.05, 0) is 13.0 Å². The first-order valence-electron chi connectivity index (χ1n) is 5.18. The molecule has 1 aromatic heterocycles. The Labute approximate surface area is 103 Å². The molecule has 2 N–H and O–H groups in total. The van der Waals surface area contributed by atoms with Gasteiger partial charge in [0.15, 0.2) is 11.6 Å². The second kappa shape index (κ2) is 5.95. The molecule has 6 nitrogen and oxygen atoms in total. The molecule has 0 fully saturated rings. The van der Waals surface area contributed by atoms with Crippen molar-refractivity contribution >= 4 is 17.6 Å². The molecule has 0 saturated carbocycles. The van der Waals surface area contributed by atoms with Crippen molar-refractivity contribution in [3.8, 4) is 5.88 Å². The lowest BCUT2D eigenvalue weighted by atomic mass is 10.1. The fourth-order valence-electron chi connectivity index (χ4n) is 1.29. The second-order valence-electron chi connectivity index (χ2n) is 3.32. The lowest BCUT2D eigenvalue weighted by Gasteiger charge is -2.07. The zero-order chi connectivity index (χ0) is 13.7. The van der Waals surface area contributed by atoms with E-state index in [0.717, 1.165) is 6.07 Å². The summed E-state index contributed by atoms with van der Waals surface area (Å²) in [5.41, 5.74) is 5.32. The van der Waals surface area contributed by atoms with Crippen molar-refractivity contribution in [2.24, 2.45) is 0 Å². The number of Topliss-reactive ketones (excluding diaryl/α,β-unsaturated/α-hetero) is 1. The van der Waals surface area contributed by atoms with E-state index in [9.17, 15) is 14.0 Å². The molecule has 1 rings (SSSR count). The van der Waals surface area contributed by atoms with Gasteiger partial charge in [-0.3, -0.25) is 9.59 Å². The third-order valence-corrected chi connectivity index (χ3v) is 2.08. The van der Waals surface area contributed by atoms with E-state index in [1.165, 1.54) is 7.11 Å². The standard InChI is InChI=1S/C11H13FN2O4/c1-3-18-9(16)5-8(15)6-4-7(12)11(17-2)14-10(6)13/h4H,3,5H2,1-2H3,(H2,13,14). The van der Waals surface area contributed by atoms with Gasteiger partial charge in [0.05, 0.1) is 19.3 Å². The predicted octanol–water partition coefficient (Wildman–Crippen LogP) is 0.947. The Bertz CT molecular complexity index is 476. The summed E-state index contributed by atoms with van der Waals surface area (Å²) in [4.78, 5) is 26.4. The number of ether oxygens (including phenoxy) is 2. The van der Waals surface area contributed by atoms with E-state index in [-0.39, 0.29) is 23.9 Å². The molecule has 0 amide bonds. The third-order valence-electron chi connectivity index (χ3n) is 2.08. The first-order valence-corrected chi connectivity index (χ1v) is 5.18. The molecule has 7 heteroatoms. The normalized spacial score (nSPS) is 9.94. The summed E-state index contributed by atoms with van der Waals surface area (Å²) in [6, 6.07) is 0.892. The Morgan fingerprint density at radius 2 is 2.17 bits per heavy atom. The van der Waals surface area contributed by atoms with Crippen LogP contribution in [0.4, 0.5) is 10.2 Å². The molecule has 98 valence electrons. The van der Waals surface area contributed by atoms with Gasteiger partial charge < -0.3 is 15.2 Å². The van der Waals surface area contributed by atoms with Gasteiger partial charge in [0.2, 0.25) is 0 Å². The van der Waals surface area contributed by atoms with Crippen LogP contribution < -0.4 is 10.5 Å². The van der Waals surface area contributed by atoms with Gasteiger partial charge in [0.1, 0.15) is 12.2 Å². The highest BCUT2D eigenvalue weighted by atomic mass is 19.1. The largest absolute Gasteiger partial charge is 0.479 e. The molecule has 0 aromatic carbocycles. The van der Waals surface area contributed by atoms with Crippen molar-refractivity contribution < 1.29 is 23.5 Å². The molecule has 0 aliphatic heterocycles. The highest BCUT2D eigenvalue weighted by Crippen LogP contribution is 2.20. The molecule has 0 atom stereocenters. The van der Waals surface area contributed by atoms with Gasteiger partial charge in [-0.1, -0.05) is 0 Å². The molecule has 18 heavy (non-hydrogen) atoms. The monoisotopic (exact) mass is 256 g/mol. The van der Waals surface area contributed by atoms with E-state index in [2.05, 4.69) is 14.5 Å². The quantitative estimate of drug-likeness (QED) is 0.479. The van der Waals surface area contributed by atoms with E-state index in [0.29, 0.717) is 0 Å². The van der Waals surface area contributed by atoms with E-state index >= 15 is 0 Å². The fraction of sp³-hybridized carbons (Fsp3) is 0.364. The van der Waals surface area contributed by atoms with Crippen LogP contribution in [0.15, 0.2) is 6.07 Å². The summed E-state index contributed by atoms with van der Waals surface area (Å²) < 4.78 is 22.6. The van der Waals surface area contributed by atoms with Crippen LogP contribution >= 0.6 is 0 Å². The van der Waals surface area contributed by atoms with Crippen LogP contribution in [-0.2, 0) is 9.53 Å². The van der Waals surface area contributed by atoms with Crippen molar-refractivity contribution in [3.05, 3.63) is 17.4 Å². The molecule has 0 radical (unpaired) electrons. The van der Waals surface area contributed by atoms with Crippen molar-refractivity contribution in [2.75, 3.05) is 19.5 Å². The smallest absolute Gasteiger partial charge is 0.313 e. The number of hydrogen-bond donors (Lipinski definition) is 1. The van der Waals surface area contributed by atoms with E-state index in [1.54, 1.807) is 6.92 Å². The SMILES string of the molecule is CCOC(=O)CC(=O)c1cc(F)c(OC)nc1N. The Morgan fingerprint density at radius 1 is 1.50 bits per heavy atom. The summed E-state index contributed by atoms with van der Waals surface area (Å²) >= 11 is 0. The van der Waals surface area contributed by atoms with Crippen LogP contribution in [0.5, 0.6) is 5.88 Å². The van der Waals surface area contributed by atoms with Crippen LogP contribution in [0.3, 0.4) is 0 Å². The van der Waals surface area contributed by atoms with Crippen LogP contribution in [0, 0.1) is 5.82 Å². The van der Waals surface area contributed by atoms with Crippen LogP contribution in [-0.4, -0.2) is 30.5 Å². The number of aromatic nitrogens is 1. The van der Waals surface area contributed by atoms with Crippen molar-refractivity contribution in [3.63, 3.8) is 0 Å². The van der Waals surface area contributed by atoms with Gasteiger partial charge in [-0.25, -0.2) is 4.39 Å². The Morgan fingerprint density at radius 3 is 2.72 bits per heavy atom. The first kappa shape index (κ1) is 13.9. The average Bonchev–Trinajstić information content (AvgIpc) is 2.31. The van der Waals surface area contributed by atoms with Gasteiger partial charge in [0, 0.05) is 0 Å². The van der Waals surface area contributed by atoms with Crippen molar-refractivity contribution in [1.29, 1.82) is 0 Å². The van der Waals surface area contributed by atoms with Gasteiger partial charge in [0.25, 0.3) is 5.88 Å². The molecular weight excluding hydrogens is 243 g/mol. The van der Waals surface area contributed by atoms with Crippen molar-refractivity contribution in [2.45, 2.75) is 13.3 Å². The third kappa shape index (κ3) is 3.16. The van der Waals surface area contributed by atoms with Crippen LogP contribution in [0.1, 0.15) is 23.7 Å². The number of hydrogen-bond acceptors (Lipinski definition) is 6. The zero-order valence-electron chi connectivity index (χ0n) is 10.0. The number of nitrogens with zero attached hydrogens (tertiary/aromatic N) is 1. The molecule has 0 aliphatic rings. The number of halogens is 1. The number of anilines is 1. The van der Waals surface area contributed by atoms with Gasteiger partial charge in [-0.2, -0.15) is 4.98 Å². The Balaban J connectivity index is 2.93. The molecule has 0 bridgehead atoms. The lowest BCUT2D eigenvalue weighted by Crippen LogP contribution is -2.14. The van der Waals surface area contributed by atoms with E-state index in [4.69, 9.17) is 5.73 Å². The summed E-state index contributed by atoms with van der Waals surface area (Å²) in [5, 5.41) is 0. The molecule has 0 unspecified atom stereocenters. The number of pyridine rings is 1. The number of carbonyl (C=O) groups is 2. The maximum Gasteiger partial charge on any atom is 0.313 e. The summed E-state index contributed by atoms with van der Waals surface area (Å²) in [6.45, 7) is 1.78. The number of carbonyl (C=O) groups excluding carboxylic acids is 2. The minimum atomic E-state index is -0.820.